The summed E-state index contributed by atoms with van der Waals surface area (Å²) in [5.74, 6) is 0. The van der Waals surface area contributed by atoms with E-state index in [1.54, 1.807) is 0 Å². The van der Waals surface area contributed by atoms with Gasteiger partial charge in [-0.25, -0.2) is 0 Å². The van der Waals surface area contributed by atoms with Crippen LogP contribution in [0.2, 0.25) is 0 Å². The minimum absolute atomic E-state index is 0.940. The zero-order valence-electron chi connectivity index (χ0n) is 29.6. The zero-order chi connectivity index (χ0) is 31.7. The van der Waals surface area contributed by atoms with Gasteiger partial charge in [-0.1, -0.05) is 0 Å². The van der Waals surface area contributed by atoms with Crippen molar-refractivity contribution in [2.75, 3.05) is 0 Å². The van der Waals surface area contributed by atoms with Gasteiger partial charge in [-0.15, -0.1) is 0 Å². The summed E-state index contributed by atoms with van der Waals surface area (Å²) in [4.78, 5) is 0. The van der Waals surface area contributed by atoms with Gasteiger partial charge in [0.15, 0.2) is 0 Å². The van der Waals surface area contributed by atoms with Gasteiger partial charge in [0, 0.05) is 42.1 Å². The van der Waals surface area contributed by atoms with Crippen molar-refractivity contribution in [3.8, 4) is 0 Å². The number of hydrogen-bond acceptors (Lipinski definition) is 0. The first-order chi connectivity index (χ1) is 20.1. The molecule has 0 aliphatic heterocycles. The van der Waals surface area contributed by atoms with E-state index in [-0.39, 0.29) is 0 Å². The maximum Gasteiger partial charge on any atom is 0.0530 e. The van der Waals surface area contributed by atoms with E-state index in [2.05, 4.69) is 120 Å². The minimum Gasteiger partial charge on any atom is -0.343 e. The Balaban J connectivity index is 1.76. The molecule has 0 saturated carbocycles. The van der Waals surface area contributed by atoms with E-state index >= 15 is 0 Å². The van der Waals surface area contributed by atoms with E-state index in [4.69, 9.17) is 0 Å². The smallest absolute Gasteiger partial charge is 0.0530 e. The summed E-state index contributed by atoms with van der Waals surface area (Å²) in [7, 11) is 4.59. The fourth-order valence-electron chi connectivity index (χ4n) is 8.72. The Kier molecular flexibility index (Phi) is 6.52. The topological polar surface area (TPSA) is 9.86 Å². The Bertz CT molecular complexity index is 2240. The lowest BCUT2D eigenvalue weighted by atomic mass is 9.84. The van der Waals surface area contributed by atoms with Crippen LogP contribution in [-0.2, 0) is 20.5 Å². The van der Waals surface area contributed by atoms with Crippen LogP contribution in [0, 0.1) is 96.9 Å². The highest BCUT2D eigenvalue weighted by atomic mass is 15.0. The van der Waals surface area contributed by atoms with Crippen molar-refractivity contribution in [1.29, 1.82) is 0 Å². The molecule has 0 amide bonds. The molecular formula is C41H50N2. The molecule has 6 aromatic rings. The largest absolute Gasteiger partial charge is 0.343 e. The van der Waals surface area contributed by atoms with E-state index in [0.717, 1.165) is 6.42 Å². The molecule has 0 spiro atoms. The number of nitrogens with zero attached hydrogens (tertiary/aromatic N) is 2. The fraction of sp³-hybridized carbons (Fsp3) is 0.415. The minimum atomic E-state index is 0.940. The Morgan fingerprint density at radius 3 is 1.00 bits per heavy atom. The average Bonchev–Trinajstić information content (AvgIpc) is 3.46. The Hall–Kier alpha value is -3.52. The summed E-state index contributed by atoms with van der Waals surface area (Å²) < 4.78 is 5.03. The summed E-state index contributed by atoms with van der Waals surface area (Å²) in [5, 5.41) is 5.80. The van der Waals surface area contributed by atoms with Gasteiger partial charge in [-0.2, -0.15) is 0 Å². The van der Waals surface area contributed by atoms with Crippen LogP contribution >= 0.6 is 0 Å². The summed E-state index contributed by atoms with van der Waals surface area (Å²) in [6.07, 6.45) is 0.940. The van der Waals surface area contributed by atoms with Crippen LogP contribution in [0.15, 0.2) is 0 Å². The lowest BCUT2D eigenvalue weighted by Gasteiger charge is -2.20. The summed E-state index contributed by atoms with van der Waals surface area (Å²) in [6.45, 7) is 32.6. The quantitative estimate of drug-likeness (QED) is 0.196. The molecular weight excluding hydrogens is 520 g/mol. The van der Waals surface area contributed by atoms with Gasteiger partial charge in [0.2, 0.25) is 0 Å². The molecule has 43 heavy (non-hydrogen) atoms. The van der Waals surface area contributed by atoms with Crippen molar-refractivity contribution in [3.63, 3.8) is 0 Å². The third-order valence-corrected chi connectivity index (χ3v) is 12.4. The number of benzene rings is 4. The molecule has 0 fully saturated rings. The highest BCUT2D eigenvalue weighted by Gasteiger charge is 2.26. The first kappa shape index (κ1) is 29.5. The van der Waals surface area contributed by atoms with Crippen molar-refractivity contribution < 1.29 is 0 Å². The molecule has 2 nitrogen and oxygen atoms in total. The maximum absolute atomic E-state index is 2.53. The van der Waals surface area contributed by atoms with Crippen LogP contribution in [0.25, 0.3) is 43.6 Å². The normalized spacial score (nSPS) is 12.3. The molecule has 0 atom stereocenters. The number of aryl methyl sites for hydroxylation is 9. The second-order valence-corrected chi connectivity index (χ2v) is 13.9. The molecule has 224 valence electrons. The van der Waals surface area contributed by atoms with E-state index in [1.165, 1.54) is 133 Å². The SMILES string of the molecule is Cc1c(C)c(C)c2c(c1C)c1c(C)c(C)c(Cc3c(C)c(C)c(C)c4c5c(C)c(C)c(C)c(C)c5n(C)c34)c(C)c1n2C. The van der Waals surface area contributed by atoms with Crippen molar-refractivity contribution in [2.24, 2.45) is 14.1 Å². The second-order valence-electron chi connectivity index (χ2n) is 13.9. The Morgan fingerprint density at radius 1 is 0.279 bits per heavy atom. The number of aromatic nitrogens is 2. The molecule has 2 heterocycles. The lowest BCUT2D eigenvalue weighted by Crippen LogP contribution is -2.06. The predicted octanol–water partition coefficient (Wildman–Crippen LogP) is 10.9. The molecule has 0 aliphatic carbocycles. The van der Waals surface area contributed by atoms with Crippen LogP contribution in [-0.4, -0.2) is 9.13 Å². The first-order valence-electron chi connectivity index (χ1n) is 16.0. The van der Waals surface area contributed by atoms with E-state index < -0.39 is 0 Å². The van der Waals surface area contributed by atoms with Gasteiger partial charge in [0.1, 0.15) is 0 Å². The van der Waals surface area contributed by atoms with E-state index in [1.807, 2.05) is 0 Å². The van der Waals surface area contributed by atoms with E-state index in [9.17, 15) is 0 Å². The fourth-order valence-corrected chi connectivity index (χ4v) is 8.72. The molecule has 6 rings (SSSR count). The first-order valence-corrected chi connectivity index (χ1v) is 16.0. The maximum atomic E-state index is 2.53. The van der Waals surface area contributed by atoms with Crippen LogP contribution in [0.5, 0.6) is 0 Å². The third-order valence-electron chi connectivity index (χ3n) is 12.4. The third kappa shape index (κ3) is 3.53. The molecule has 0 bridgehead atoms. The molecule has 0 unspecified atom stereocenters. The Labute approximate surface area is 258 Å². The highest BCUT2D eigenvalue weighted by Crippen LogP contribution is 2.45. The van der Waals surface area contributed by atoms with E-state index in [0.29, 0.717) is 0 Å². The van der Waals surface area contributed by atoms with Crippen molar-refractivity contribution in [1.82, 2.24) is 9.13 Å². The van der Waals surface area contributed by atoms with Gasteiger partial charge in [0.25, 0.3) is 0 Å². The van der Waals surface area contributed by atoms with Gasteiger partial charge in [-0.3, -0.25) is 0 Å². The Morgan fingerprint density at radius 2 is 0.558 bits per heavy atom. The van der Waals surface area contributed by atoms with Gasteiger partial charge in [0.05, 0.1) is 22.1 Å². The summed E-state index contributed by atoms with van der Waals surface area (Å²) in [6, 6.07) is 0. The second kappa shape index (κ2) is 9.49. The molecule has 2 aromatic heterocycles. The molecule has 0 aliphatic rings. The van der Waals surface area contributed by atoms with Crippen LogP contribution in [0.3, 0.4) is 0 Å². The van der Waals surface area contributed by atoms with Crippen molar-refractivity contribution in [2.45, 2.75) is 103 Å². The lowest BCUT2D eigenvalue weighted by molar-refractivity contribution is 0.974. The highest BCUT2D eigenvalue weighted by molar-refractivity contribution is 6.16. The molecule has 2 heteroatoms. The number of fused-ring (bicyclic) bond motifs is 6. The number of rotatable bonds is 2. The van der Waals surface area contributed by atoms with Crippen molar-refractivity contribution in [3.05, 3.63) is 89.0 Å². The van der Waals surface area contributed by atoms with Crippen LogP contribution in [0.4, 0.5) is 0 Å². The standard InChI is InChI=1S/C41H50N2/c1-18-20(3)29(12)38-34(25(18)8)36-28(11)24(7)32(31(14)40(36)42(38)15)17-33-23(6)22(5)27(10)37-35-26(9)19(2)21(4)30(13)39(35)43(16)41(33)37/h17H2,1-16H3. The zero-order valence-corrected chi connectivity index (χ0v) is 29.6. The van der Waals surface area contributed by atoms with Crippen LogP contribution in [0.1, 0.15) is 89.0 Å². The van der Waals surface area contributed by atoms with Gasteiger partial charge >= 0.3 is 0 Å². The molecule has 0 radical (unpaired) electrons. The number of hydrogen-bond donors (Lipinski definition) is 0. The summed E-state index contributed by atoms with van der Waals surface area (Å²) in [5.41, 5.74) is 28.5. The van der Waals surface area contributed by atoms with Crippen LogP contribution < -0.4 is 0 Å². The monoisotopic (exact) mass is 570 g/mol. The van der Waals surface area contributed by atoms with Gasteiger partial charge in [-0.05, 0) is 186 Å². The summed E-state index contributed by atoms with van der Waals surface area (Å²) >= 11 is 0. The molecule has 0 saturated heterocycles. The van der Waals surface area contributed by atoms with Gasteiger partial charge < -0.3 is 9.13 Å². The average molecular weight is 571 g/mol. The predicted molar refractivity (Wildman–Crippen MR) is 190 cm³/mol. The van der Waals surface area contributed by atoms with Crippen molar-refractivity contribution >= 4 is 43.6 Å². The molecule has 4 aromatic carbocycles. The molecule has 0 N–H and O–H groups in total.